The Morgan fingerprint density at radius 3 is 3.05 bits per heavy atom. The van der Waals surface area contributed by atoms with Crippen molar-refractivity contribution in [2.24, 2.45) is 7.05 Å². The summed E-state index contributed by atoms with van der Waals surface area (Å²) in [4.78, 5) is 4.43. The molecule has 0 aliphatic rings. The fourth-order valence-corrected chi connectivity index (χ4v) is 2.26. The van der Waals surface area contributed by atoms with E-state index >= 15 is 0 Å². The fourth-order valence-electron chi connectivity index (χ4n) is 2.26. The Bertz CT molecular complexity index is 757. The molecule has 0 fully saturated rings. The van der Waals surface area contributed by atoms with Crippen LogP contribution in [0.4, 0.5) is 0 Å². The minimum atomic E-state index is 0.142. The molecule has 1 N–H and O–H groups in total. The molecule has 3 aromatic rings. The zero-order valence-electron chi connectivity index (χ0n) is 11.4. The first-order valence-electron chi connectivity index (χ1n) is 6.40. The molecule has 0 saturated heterocycles. The average Bonchev–Trinajstić information content (AvgIpc) is 3.07. The van der Waals surface area contributed by atoms with Crippen LogP contribution in [-0.2, 0) is 11.8 Å². The van der Waals surface area contributed by atoms with Crippen LogP contribution in [0.15, 0.2) is 41.5 Å². The second kappa shape index (κ2) is 4.85. The van der Waals surface area contributed by atoms with Gasteiger partial charge in [0.05, 0.1) is 24.7 Å². The summed E-state index contributed by atoms with van der Waals surface area (Å²) in [5, 5.41) is 8.85. The molecule has 0 saturated carbocycles. The molecule has 0 radical (unpaired) electrons. The molecule has 3 heterocycles. The summed E-state index contributed by atoms with van der Waals surface area (Å²) in [5.41, 5.74) is 3.58. The molecule has 0 aliphatic carbocycles. The Morgan fingerprint density at radius 2 is 2.35 bits per heavy atom. The van der Waals surface area contributed by atoms with Crippen LogP contribution in [0.1, 0.15) is 12.5 Å². The van der Waals surface area contributed by atoms with Crippen LogP contribution in [-0.4, -0.2) is 22.1 Å². The van der Waals surface area contributed by atoms with Crippen molar-refractivity contribution in [3.05, 3.63) is 42.6 Å². The number of nitrogens with zero attached hydrogens (tertiary/aromatic N) is 2. The van der Waals surface area contributed by atoms with Gasteiger partial charge in [0.2, 0.25) is 5.90 Å². The van der Waals surface area contributed by atoms with Crippen molar-refractivity contribution in [2.75, 3.05) is 6.61 Å². The van der Waals surface area contributed by atoms with Crippen LogP contribution in [0, 0.1) is 5.41 Å². The number of furan rings is 1. The van der Waals surface area contributed by atoms with Gasteiger partial charge in [0.15, 0.2) is 0 Å². The number of aryl methyl sites for hydroxylation is 1. The first-order valence-corrected chi connectivity index (χ1v) is 6.40. The molecule has 5 heteroatoms. The van der Waals surface area contributed by atoms with E-state index in [0.717, 1.165) is 22.2 Å². The number of fused-ring (bicyclic) bond motifs is 1. The first kappa shape index (κ1) is 12.5. The van der Waals surface area contributed by atoms with E-state index in [2.05, 4.69) is 4.98 Å². The van der Waals surface area contributed by atoms with E-state index in [-0.39, 0.29) is 5.90 Å². The molecule has 0 spiro atoms. The van der Waals surface area contributed by atoms with Crippen molar-refractivity contribution < 1.29 is 9.15 Å². The van der Waals surface area contributed by atoms with Gasteiger partial charge in [-0.1, -0.05) is 0 Å². The fraction of sp³-hybridized carbons (Fsp3) is 0.200. The molecule has 102 valence electrons. The normalized spacial score (nSPS) is 10.9. The van der Waals surface area contributed by atoms with Crippen molar-refractivity contribution in [3.63, 3.8) is 0 Å². The zero-order valence-corrected chi connectivity index (χ0v) is 11.4. The summed E-state index contributed by atoms with van der Waals surface area (Å²) in [6.07, 6.45) is 7.03. The summed E-state index contributed by atoms with van der Waals surface area (Å²) in [5.74, 6) is 0.142. The highest BCUT2D eigenvalue weighted by Crippen LogP contribution is 2.30. The maximum absolute atomic E-state index is 7.87. The van der Waals surface area contributed by atoms with Crippen molar-refractivity contribution in [1.82, 2.24) is 9.55 Å². The number of nitrogens with one attached hydrogen (secondary N) is 1. The van der Waals surface area contributed by atoms with Crippen LogP contribution in [0.25, 0.3) is 22.2 Å². The molecule has 3 rings (SSSR count). The first-order chi connectivity index (χ1) is 9.70. The van der Waals surface area contributed by atoms with Crippen LogP contribution in [0.5, 0.6) is 0 Å². The molecule has 5 nitrogen and oxygen atoms in total. The molecule has 0 aliphatic heterocycles. The van der Waals surface area contributed by atoms with Gasteiger partial charge in [-0.25, -0.2) is 4.98 Å². The largest absolute Gasteiger partial charge is 0.478 e. The summed E-state index contributed by atoms with van der Waals surface area (Å²) < 4.78 is 12.3. The van der Waals surface area contributed by atoms with Crippen molar-refractivity contribution in [2.45, 2.75) is 6.92 Å². The third-order valence-corrected chi connectivity index (χ3v) is 3.20. The number of ether oxygens (including phenoxy) is 1. The Labute approximate surface area is 116 Å². The van der Waals surface area contributed by atoms with E-state index in [9.17, 15) is 0 Å². The highest BCUT2D eigenvalue weighted by molar-refractivity contribution is 6.00. The van der Waals surface area contributed by atoms with Gasteiger partial charge in [-0.2, -0.15) is 0 Å². The molecular weight excluding hydrogens is 254 g/mol. The van der Waals surface area contributed by atoms with Gasteiger partial charge in [-0.3, -0.25) is 5.41 Å². The molecule has 20 heavy (non-hydrogen) atoms. The van der Waals surface area contributed by atoms with Crippen LogP contribution in [0.2, 0.25) is 0 Å². The summed E-state index contributed by atoms with van der Waals surface area (Å²) in [6.45, 7) is 2.33. The Kier molecular flexibility index (Phi) is 3.02. The molecule has 0 aromatic carbocycles. The summed E-state index contributed by atoms with van der Waals surface area (Å²) >= 11 is 0. The predicted molar refractivity (Wildman–Crippen MR) is 76.9 cm³/mol. The Hall–Kier alpha value is -2.56. The van der Waals surface area contributed by atoms with Gasteiger partial charge in [-0.15, -0.1) is 0 Å². The van der Waals surface area contributed by atoms with Crippen LogP contribution >= 0.6 is 0 Å². The van der Waals surface area contributed by atoms with E-state index < -0.39 is 0 Å². The van der Waals surface area contributed by atoms with Crippen molar-refractivity contribution >= 4 is 16.9 Å². The number of hydrogen-bond donors (Lipinski definition) is 1. The molecule has 0 unspecified atom stereocenters. The minimum absolute atomic E-state index is 0.142. The van der Waals surface area contributed by atoms with E-state index in [1.807, 2.05) is 36.9 Å². The van der Waals surface area contributed by atoms with Gasteiger partial charge in [-0.05, 0) is 19.1 Å². The topological polar surface area (TPSA) is 64.0 Å². The van der Waals surface area contributed by atoms with Gasteiger partial charge < -0.3 is 13.7 Å². The lowest BCUT2D eigenvalue weighted by atomic mass is 10.1. The molecule has 3 aromatic heterocycles. The zero-order chi connectivity index (χ0) is 14.1. The molecule has 0 bridgehead atoms. The number of rotatable bonds is 3. The van der Waals surface area contributed by atoms with Gasteiger partial charge in [0, 0.05) is 36.0 Å². The quantitative estimate of drug-likeness (QED) is 0.586. The van der Waals surface area contributed by atoms with E-state index in [1.54, 1.807) is 18.7 Å². The van der Waals surface area contributed by atoms with Crippen LogP contribution < -0.4 is 0 Å². The van der Waals surface area contributed by atoms with Gasteiger partial charge in [0.1, 0.15) is 5.65 Å². The van der Waals surface area contributed by atoms with Gasteiger partial charge >= 0.3 is 0 Å². The second-order valence-corrected chi connectivity index (χ2v) is 4.52. The molecule has 0 atom stereocenters. The molecular formula is C15H15N3O2. The Morgan fingerprint density at radius 1 is 1.50 bits per heavy atom. The summed E-state index contributed by atoms with van der Waals surface area (Å²) in [6, 6.07) is 3.85. The lowest BCUT2D eigenvalue weighted by Crippen LogP contribution is -2.05. The third kappa shape index (κ3) is 1.97. The van der Waals surface area contributed by atoms with Crippen molar-refractivity contribution in [1.29, 1.82) is 5.41 Å². The smallest absolute Gasteiger partial charge is 0.214 e. The minimum Gasteiger partial charge on any atom is -0.478 e. The second-order valence-electron chi connectivity index (χ2n) is 4.52. The lowest BCUT2D eigenvalue weighted by molar-refractivity contribution is 0.325. The monoisotopic (exact) mass is 269 g/mol. The standard InChI is InChI=1S/C15H15N3O2/c1-3-20-14(16)11-6-12-13(10-4-5-19-9-10)8-18(2)15(12)17-7-11/h4-9,16H,3H2,1-2H3. The third-order valence-electron chi connectivity index (χ3n) is 3.20. The lowest BCUT2D eigenvalue weighted by Gasteiger charge is -2.05. The Balaban J connectivity index is 2.17. The highest BCUT2D eigenvalue weighted by atomic mass is 16.5. The van der Waals surface area contributed by atoms with E-state index in [4.69, 9.17) is 14.6 Å². The number of aromatic nitrogens is 2. The number of pyridine rings is 1. The highest BCUT2D eigenvalue weighted by Gasteiger charge is 2.13. The summed E-state index contributed by atoms with van der Waals surface area (Å²) in [7, 11) is 1.95. The predicted octanol–water partition coefficient (Wildman–Crippen LogP) is 3.20. The molecule has 0 amide bonds. The number of hydrogen-bond acceptors (Lipinski definition) is 4. The van der Waals surface area contributed by atoms with E-state index in [0.29, 0.717) is 12.2 Å². The average molecular weight is 269 g/mol. The van der Waals surface area contributed by atoms with Crippen molar-refractivity contribution in [3.8, 4) is 11.1 Å². The van der Waals surface area contributed by atoms with Gasteiger partial charge in [0.25, 0.3) is 0 Å². The maximum Gasteiger partial charge on any atom is 0.214 e. The van der Waals surface area contributed by atoms with E-state index in [1.165, 1.54) is 0 Å². The maximum atomic E-state index is 7.87. The SMILES string of the molecule is CCOC(=N)c1cnc2c(c1)c(-c1ccoc1)cn2C. The van der Waals surface area contributed by atoms with Crippen LogP contribution in [0.3, 0.4) is 0 Å².